The minimum Gasteiger partial charge on any atom is -0.196 e. The first kappa shape index (κ1) is 9.86. The van der Waals surface area contributed by atoms with Crippen molar-refractivity contribution in [3.05, 3.63) is 0 Å². The van der Waals surface area contributed by atoms with Gasteiger partial charge in [-0.05, 0) is 24.7 Å². The van der Waals surface area contributed by atoms with Crippen molar-refractivity contribution in [2.24, 2.45) is 11.8 Å². The molecule has 1 aliphatic carbocycles. The van der Waals surface area contributed by atoms with E-state index in [-0.39, 0.29) is 0 Å². The third-order valence-corrected chi connectivity index (χ3v) is 3.44. The van der Waals surface area contributed by atoms with Gasteiger partial charge < -0.3 is 0 Å². The fourth-order valence-corrected chi connectivity index (χ4v) is 2.66. The Morgan fingerprint density at radius 2 is 2.17 bits per heavy atom. The topological polar surface area (TPSA) is 23.8 Å². The molecule has 0 aromatic heterocycles. The molecule has 2 atom stereocenters. The second-order valence-corrected chi connectivity index (χ2v) is 4.75. The van der Waals surface area contributed by atoms with Crippen LogP contribution in [0.3, 0.4) is 0 Å². The van der Waals surface area contributed by atoms with Gasteiger partial charge in [0.25, 0.3) is 0 Å². The van der Waals surface area contributed by atoms with Gasteiger partial charge in [0.15, 0.2) is 0 Å². The maximum atomic E-state index is 8.99. The zero-order chi connectivity index (χ0) is 9.19. The van der Waals surface area contributed by atoms with E-state index in [9.17, 15) is 0 Å². The lowest BCUT2D eigenvalue weighted by molar-refractivity contribution is 0.244. The molecular formula is C10H16ClN. The van der Waals surface area contributed by atoms with Crippen LogP contribution in [0.15, 0.2) is 0 Å². The number of nitrogens with zero attached hydrogens (tertiary/aromatic N) is 1. The number of alkyl halides is 1. The van der Waals surface area contributed by atoms with E-state index in [0.717, 1.165) is 19.3 Å². The van der Waals surface area contributed by atoms with Gasteiger partial charge in [0.2, 0.25) is 0 Å². The zero-order valence-corrected chi connectivity index (χ0v) is 8.56. The SMILES string of the molecule is CC(C)C1CCCCC1(Cl)C#N. The van der Waals surface area contributed by atoms with Crippen LogP contribution in [0, 0.1) is 23.2 Å². The summed E-state index contributed by atoms with van der Waals surface area (Å²) >= 11 is 6.26. The first-order valence-corrected chi connectivity index (χ1v) is 5.08. The summed E-state index contributed by atoms with van der Waals surface area (Å²) in [5, 5.41) is 8.99. The van der Waals surface area contributed by atoms with Crippen molar-refractivity contribution in [3.63, 3.8) is 0 Å². The lowest BCUT2D eigenvalue weighted by atomic mass is 9.73. The highest BCUT2D eigenvalue weighted by atomic mass is 35.5. The lowest BCUT2D eigenvalue weighted by Gasteiger charge is -2.36. The van der Waals surface area contributed by atoms with Crippen molar-refractivity contribution in [1.29, 1.82) is 5.26 Å². The lowest BCUT2D eigenvalue weighted by Crippen LogP contribution is -2.36. The van der Waals surface area contributed by atoms with Gasteiger partial charge in [0.05, 0.1) is 6.07 Å². The first-order valence-electron chi connectivity index (χ1n) is 4.70. The number of halogens is 1. The van der Waals surface area contributed by atoms with Crippen LogP contribution in [0.25, 0.3) is 0 Å². The van der Waals surface area contributed by atoms with Crippen LogP contribution in [-0.4, -0.2) is 4.87 Å². The fourth-order valence-electron chi connectivity index (χ4n) is 2.16. The number of nitriles is 1. The summed E-state index contributed by atoms with van der Waals surface area (Å²) in [4.78, 5) is -0.563. The second-order valence-electron chi connectivity index (χ2n) is 4.07. The summed E-state index contributed by atoms with van der Waals surface area (Å²) in [6.07, 6.45) is 4.34. The Morgan fingerprint density at radius 3 is 2.58 bits per heavy atom. The quantitative estimate of drug-likeness (QED) is 0.575. The molecule has 0 heterocycles. The fraction of sp³-hybridized carbons (Fsp3) is 0.900. The van der Waals surface area contributed by atoms with Crippen LogP contribution in [-0.2, 0) is 0 Å². The van der Waals surface area contributed by atoms with E-state index < -0.39 is 4.87 Å². The largest absolute Gasteiger partial charge is 0.196 e. The number of hydrogen-bond acceptors (Lipinski definition) is 1. The Kier molecular flexibility index (Phi) is 3.01. The van der Waals surface area contributed by atoms with Crippen LogP contribution in [0.4, 0.5) is 0 Å². The van der Waals surface area contributed by atoms with Crippen LogP contribution < -0.4 is 0 Å². The molecule has 0 radical (unpaired) electrons. The van der Waals surface area contributed by atoms with Gasteiger partial charge in [-0.3, -0.25) is 0 Å². The molecule has 68 valence electrons. The van der Waals surface area contributed by atoms with Gasteiger partial charge in [0.1, 0.15) is 4.87 Å². The van der Waals surface area contributed by atoms with Crippen LogP contribution in [0.2, 0.25) is 0 Å². The minimum atomic E-state index is -0.563. The van der Waals surface area contributed by atoms with E-state index in [1.807, 2.05) is 0 Å². The smallest absolute Gasteiger partial charge is 0.134 e. The number of hydrogen-bond donors (Lipinski definition) is 0. The van der Waals surface area contributed by atoms with Crippen LogP contribution in [0.5, 0.6) is 0 Å². The Balaban J connectivity index is 2.75. The highest BCUT2D eigenvalue weighted by Crippen LogP contribution is 2.42. The second kappa shape index (κ2) is 3.66. The molecule has 1 nitrogen and oxygen atoms in total. The van der Waals surface area contributed by atoms with Gasteiger partial charge in [-0.2, -0.15) is 5.26 Å². The Morgan fingerprint density at radius 1 is 1.50 bits per heavy atom. The predicted molar refractivity (Wildman–Crippen MR) is 51.0 cm³/mol. The third-order valence-electron chi connectivity index (χ3n) is 2.88. The summed E-state index contributed by atoms with van der Waals surface area (Å²) in [5.74, 6) is 0.917. The molecule has 0 aromatic rings. The number of rotatable bonds is 1. The maximum absolute atomic E-state index is 8.99. The molecule has 0 N–H and O–H groups in total. The normalized spacial score (nSPS) is 36.4. The molecule has 1 rings (SSSR count). The highest BCUT2D eigenvalue weighted by molar-refractivity contribution is 6.26. The summed E-state index contributed by atoms with van der Waals surface area (Å²) < 4.78 is 0. The molecule has 0 aromatic carbocycles. The van der Waals surface area contributed by atoms with E-state index in [1.165, 1.54) is 6.42 Å². The van der Waals surface area contributed by atoms with E-state index in [4.69, 9.17) is 16.9 Å². The average Bonchev–Trinajstić information content (AvgIpc) is 2.05. The monoisotopic (exact) mass is 185 g/mol. The third kappa shape index (κ3) is 1.75. The molecule has 1 fully saturated rings. The molecule has 0 aliphatic heterocycles. The molecule has 0 amide bonds. The van der Waals surface area contributed by atoms with Crippen molar-refractivity contribution in [1.82, 2.24) is 0 Å². The summed E-state index contributed by atoms with van der Waals surface area (Å²) in [5.41, 5.74) is 0. The van der Waals surface area contributed by atoms with E-state index in [2.05, 4.69) is 19.9 Å². The van der Waals surface area contributed by atoms with Crippen molar-refractivity contribution in [2.45, 2.75) is 44.4 Å². The van der Waals surface area contributed by atoms with Gasteiger partial charge in [-0.15, -0.1) is 11.6 Å². The summed E-state index contributed by atoms with van der Waals surface area (Å²) in [6, 6.07) is 2.28. The van der Waals surface area contributed by atoms with Gasteiger partial charge in [-0.25, -0.2) is 0 Å². The minimum absolute atomic E-state index is 0.387. The van der Waals surface area contributed by atoms with Crippen LogP contribution in [0.1, 0.15) is 39.5 Å². The zero-order valence-electron chi connectivity index (χ0n) is 7.81. The van der Waals surface area contributed by atoms with E-state index in [0.29, 0.717) is 11.8 Å². The van der Waals surface area contributed by atoms with Crippen molar-refractivity contribution in [3.8, 4) is 6.07 Å². The highest BCUT2D eigenvalue weighted by Gasteiger charge is 2.40. The predicted octanol–water partition coefficient (Wildman–Crippen LogP) is 3.33. The van der Waals surface area contributed by atoms with Crippen molar-refractivity contribution < 1.29 is 0 Å². The molecule has 0 bridgehead atoms. The van der Waals surface area contributed by atoms with Gasteiger partial charge in [-0.1, -0.05) is 26.7 Å². The molecule has 1 saturated carbocycles. The van der Waals surface area contributed by atoms with Gasteiger partial charge in [0, 0.05) is 0 Å². The molecule has 12 heavy (non-hydrogen) atoms. The molecule has 0 saturated heterocycles. The van der Waals surface area contributed by atoms with Gasteiger partial charge >= 0.3 is 0 Å². The van der Waals surface area contributed by atoms with Crippen molar-refractivity contribution >= 4 is 11.6 Å². The van der Waals surface area contributed by atoms with E-state index in [1.54, 1.807) is 0 Å². The Bertz CT molecular complexity index is 195. The Labute approximate surface area is 79.7 Å². The summed E-state index contributed by atoms with van der Waals surface area (Å²) in [6.45, 7) is 4.31. The van der Waals surface area contributed by atoms with Crippen LogP contribution >= 0.6 is 11.6 Å². The molecule has 1 aliphatic rings. The molecule has 2 heteroatoms. The average molecular weight is 186 g/mol. The molecule has 2 unspecified atom stereocenters. The maximum Gasteiger partial charge on any atom is 0.134 e. The van der Waals surface area contributed by atoms with Crippen molar-refractivity contribution in [2.75, 3.05) is 0 Å². The molecule has 0 spiro atoms. The standard InChI is InChI=1S/C10H16ClN/c1-8(2)9-5-3-4-6-10(9,11)7-12/h8-9H,3-6H2,1-2H3. The molecular weight excluding hydrogens is 170 g/mol. The first-order chi connectivity index (χ1) is 5.60. The Hall–Kier alpha value is -0.220. The van der Waals surface area contributed by atoms with E-state index >= 15 is 0 Å². The summed E-state index contributed by atoms with van der Waals surface area (Å²) in [7, 11) is 0.